The second-order valence-electron chi connectivity index (χ2n) is 3.90. The lowest BCUT2D eigenvalue weighted by atomic mass is 10.1. The number of hydrogen-bond donors (Lipinski definition) is 2. The molecule has 1 saturated carbocycles. The minimum atomic E-state index is -0.324. The Hall–Kier alpha value is -1.43. The maximum atomic E-state index is 11.7. The topological polar surface area (TPSA) is 94.0 Å². The van der Waals surface area contributed by atoms with Crippen molar-refractivity contribution in [2.75, 3.05) is 6.54 Å². The monoisotopic (exact) mass is 210 g/mol. The van der Waals surface area contributed by atoms with Crippen molar-refractivity contribution in [2.24, 2.45) is 11.1 Å². The fourth-order valence-electron chi connectivity index (χ4n) is 1.43. The number of rotatable bonds is 4. The van der Waals surface area contributed by atoms with Gasteiger partial charge in [-0.25, -0.2) is 0 Å². The number of aryl methyl sites for hydroxylation is 1. The first-order valence-electron chi connectivity index (χ1n) is 4.94. The molecular weight excluding hydrogens is 196 g/mol. The third-order valence-corrected chi connectivity index (χ3v) is 2.70. The summed E-state index contributed by atoms with van der Waals surface area (Å²) in [6.45, 7) is 2.42. The number of nitrogens with zero attached hydrogens (tertiary/aromatic N) is 2. The van der Waals surface area contributed by atoms with Crippen LogP contribution in [-0.4, -0.2) is 22.6 Å². The Kier molecular flexibility index (Phi) is 2.44. The van der Waals surface area contributed by atoms with Gasteiger partial charge in [-0.15, -0.1) is 0 Å². The van der Waals surface area contributed by atoms with Crippen molar-refractivity contribution >= 4 is 5.91 Å². The highest BCUT2D eigenvalue weighted by molar-refractivity contribution is 5.85. The van der Waals surface area contributed by atoms with Gasteiger partial charge in [0.05, 0.1) is 12.0 Å². The van der Waals surface area contributed by atoms with Gasteiger partial charge in [0.1, 0.15) is 0 Å². The molecule has 0 radical (unpaired) electrons. The van der Waals surface area contributed by atoms with E-state index in [0.717, 1.165) is 12.8 Å². The van der Waals surface area contributed by atoms with E-state index in [-0.39, 0.29) is 17.9 Å². The van der Waals surface area contributed by atoms with Gasteiger partial charge in [0.15, 0.2) is 5.82 Å². The molecule has 1 aliphatic carbocycles. The Labute approximate surface area is 87.2 Å². The van der Waals surface area contributed by atoms with Crippen LogP contribution in [0.1, 0.15) is 24.6 Å². The molecule has 6 nitrogen and oxygen atoms in total. The van der Waals surface area contributed by atoms with Crippen molar-refractivity contribution in [3.63, 3.8) is 0 Å². The van der Waals surface area contributed by atoms with E-state index in [4.69, 9.17) is 10.3 Å². The van der Waals surface area contributed by atoms with E-state index in [1.165, 1.54) is 0 Å². The minimum absolute atomic E-state index is 0.0131. The normalized spacial score (nSPS) is 17.5. The maximum Gasteiger partial charge on any atom is 0.246 e. The summed E-state index contributed by atoms with van der Waals surface area (Å²) in [6, 6.07) is 0. The van der Waals surface area contributed by atoms with E-state index in [0.29, 0.717) is 18.3 Å². The largest absolute Gasteiger partial charge is 0.346 e. The third-order valence-electron chi connectivity index (χ3n) is 2.70. The van der Waals surface area contributed by atoms with Gasteiger partial charge >= 0.3 is 0 Å². The molecule has 0 saturated heterocycles. The van der Waals surface area contributed by atoms with Gasteiger partial charge in [-0.05, 0) is 19.8 Å². The Bertz CT molecular complexity index is 370. The Morgan fingerprint density at radius 2 is 2.40 bits per heavy atom. The lowest BCUT2D eigenvalue weighted by molar-refractivity contribution is -0.126. The fourth-order valence-corrected chi connectivity index (χ4v) is 1.43. The number of nitrogens with two attached hydrogens (primary N) is 1. The van der Waals surface area contributed by atoms with Crippen molar-refractivity contribution in [3.05, 3.63) is 11.7 Å². The molecule has 1 fully saturated rings. The first kappa shape index (κ1) is 10.1. The van der Waals surface area contributed by atoms with Gasteiger partial charge in [0.2, 0.25) is 11.8 Å². The molecule has 0 unspecified atom stereocenters. The highest BCUT2D eigenvalue weighted by atomic mass is 16.5. The van der Waals surface area contributed by atoms with Crippen molar-refractivity contribution in [1.29, 1.82) is 0 Å². The van der Waals surface area contributed by atoms with Crippen LogP contribution in [0.4, 0.5) is 0 Å². The highest BCUT2D eigenvalue weighted by Gasteiger charge is 2.48. The molecule has 1 heterocycles. The van der Waals surface area contributed by atoms with Crippen LogP contribution in [0.15, 0.2) is 4.52 Å². The molecule has 0 aliphatic heterocycles. The molecule has 0 atom stereocenters. The molecule has 3 N–H and O–H groups in total. The predicted octanol–water partition coefficient (Wildman–Crippen LogP) is -0.267. The second kappa shape index (κ2) is 3.62. The summed E-state index contributed by atoms with van der Waals surface area (Å²) >= 11 is 0. The average Bonchev–Trinajstić information content (AvgIpc) is 2.93. The molecule has 6 heteroatoms. The van der Waals surface area contributed by atoms with Crippen LogP contribution in [0.3, 0.4) is 0 Å². The smallest absolute Gasteiger partial charge is 0.246 e. The third kappa shape index (κ3) is 1.99. The molecule has 1 aromatic rings. The van der Waals surface area contributed by atoms with Gasteiger partial charge < -0.3 is 15.6 Å². The number of carbonyl (C=O) groups excluding carboxylic acids is 1. The predicted molar refractivity (Wildman–Crippen MR) is 51.6 cm³/mol. The number of carbonyl (C=O) groups is 1. The van der Waals surface area contributed by atoms with Crippen LogP contribution in [0.2, 0.25) is 0 Å². The SMILES string of the molecule is Cc1noc(CNC(=O)C2(CN)CC2)n1. The Morgan fingerprint density at radius 1 is 1.67 bits per heavy atom. The van der Waals surface area contributed by atoms with E-state index in [9.17, 15) is 4.79 Å². The lowest BCUT2D eigenvalue weighted by Gasteiger charge is -2.10. The quantitative estimate of drug-likeness (QED) is 0.713. The van der Waals surface area contributed by atoms with Gasteiger partial charge in [0, 0.05) is 6.54 Å². The minimum Gasteiger partial charge on any atom is -0.346 e. The summed E-state index contributed by atoms with van der Waals surface area (Å²) in [5, 5.41) is 6.38. The van der Waals surface area contributed by atoms with E-state index in [1.807, 2.05) is 0 Å². The molecule has 0 aromatic carbocycles. The van der Waals surface area contributed by atoms with Crippen LogP contribution in [0.25, 0.3) is 0 Å². The van der Waals surface area contributed by atoms with Gasteiger partial charge in [-0.2, -0.15) is 4.98 Å². The van der Waals surface area contributed by atoms with Crippen LogP contribution in [-0.2, 0) is 11.3 Å². The first-order chi connectivity index (χ1) is 7.16. The van der Waals surface area contributed by atoms with Gasteiger partial charge in [-0.3, -0.25) is 4.79 Å². The highest BCUT2D eigenvalue weighted by Crippen LogP contribution is 2.44. The van der Waals surface area contributed by atoms with E-state index < -0.39 is 0 Å². The fraction of sp³-hybridized carbons (Fsp3) is 0.667. The number of aromatic nitrogens is 2. The van der Waals surface area contributed by atoms with Crippen molar-refractivity contribution in [3.8, 4) is 0 Å². The molecular formula is C9H14N4O2. The maximum absolute atomic E-state index is 11.7. The Balaban J connectivity index is 1.86. The second-order valence-corrected chi connectivity index (χ2v) is 3.90. The molecule has 2 rings (SSSR count). The zero-order valence-electron chi connectivity index (χ0n) is 8.62. The van der Waals surface area contributed by atoms with Crippen molar-refractivity contribution in [1.82, 2.24) is 15.5 Å². The number of hydrogen-bond acceptors (Lipinski definition) is 5. The summed E-state index contributed by atoms with van der Waals surface area (Å²) in [5.74, 6) is 0.980. The zero-order chi connectivity index (χ0) is 10.9. The number of amides is 1. The van der Waals surface area contributed by atoms with Crippen molar-refractivity contribution in [2.45, 2.75) is 26.3 Å². The standard InChI is InChI=1S/C9H14N4O2/c1-6-12-7(15-13-6)4-11-8(14)9(5-10)2-3-9/h2-5,10H2,1H3,(H,11,14). The van der Waals surface area contributed by atoms with Gasteiger partial charge in [0.25, 0.3) is 0 Å². The molecule has 0 spiro atoms. The molecule has 82 valence electrons. The number of nitrogens with one attached hydrogen (secondary N) is 1. The van der Waals surface area contributed by atoms with E-state index in [1.54, 1.807) is 6.92 Å². The average molecular weight is 210 g/mol. The van der Waals surface area contributed by atoms with E-state index >= 15 is 0 Å². The Morgan fingerprint density at radius 3 is 2.87 bits per heavy atom. The summed E-state index contributed by atoms with van der Waals surface area (Å²) in [6.07, 6.45) is 1.75. The molecule has 1 aliphatic rings. The summed E-state index contributed by atoms with van der Waals surface area (Å²) in [4.78, 5) is 15.6. The van der Waals surface area contributed by atoms with Gasteiger partial charge in [-0.1, -0.05) is 5.16 Å². The van der Waals surface area contributed by atoms with Crippen molar-refractivity contribution < 1.29 is 9.32 Å². The molecule has 1 amide bonds. The lowest BCUT2D eigenvalue weighted by Crippen LogP contribution is -2.36. The zero-order valence-corrected chi connectivity index (χ0v) is 8.62. The molecule has 15 heavy (non-hydrogen) atoms. The summed E-state index contributed by atoms with van der Waals surface area (Å²) in [5.41, 5.74) is 5.21. The first-order valence-corrected chi connectivity index (χ1v) is 4.94. The molecule has 0 bridgehead atoms. The van der Waals surface area contributed by atoms with Crippen LogP contribution >= 0.6 is 0 Å². The summed E-state index contributed by atoms with van der Waals surface area (Å²) in [7, 11) is 0. The van der Waals surface area contributed by atoms with E-state index in [2.05, 4.69) is 15.5 Å². The van der Waals surface area contributed by atoms with Crippen LogP contribution in [0, 0.1) is 12.3 Å². The van der Waals surface area contributed by atoms with Crippen LogP contribution < -0.4 is 11.1 Å². The van der Waals surface area contributed by atoms with Crippen LogP contribution in [0.5, 0.6) is 0 Å². The summed E-state index contributed by atoms with van der Waals surface area (Å²) < 4.78 is 4.87. The molecule has 1 aromatic heterocycles.